The van der Waals surface area contributed by atoms with Gasteiger partial charge in [-0.25, -0.2) is 0 Å². The van der Waals surface area contributed by atoms with Crippen LogP contribution in [0.2, 0.25) is 5.02 Å². The Kier molecular flexibility index (Phi) is 5.59. The molecule has 3 N–H and O–H groups in total. The third-order valence-electron chi connectivity index (χ3n) is 2.72. The third kappa shape index (κ3) is 4.86. The van der Waals surface area contributed by atoms with Gasteiger partial charge in [0.05, 0.1) is 17.0 Å². The molecule has 0 saturated heterocycles. The molecule has 0 aliphatic heterocycles. The molecule has 6 nitrogen and oxygen atoms in total. The summed E-state index contributed by atoms with van der Waals surface area (Å²) < 4.78 is 1.73. The minimum absolute atomic E-state index is 0.146. The zero-order valence-electron chi connectivity index (χ0n) is 11.5. The van der Waals surface area contributed by atoms with Crippen molar-refractivity contribution in [2.24, 2.45) is 0 Å². The van der Waals surface area contributed by atoms with Gasteiger partial charge in [-0.15, -0.1) is 0 Å². The molecule has 0 aliphatic rings. The van der Waals surface area contributed by atoms with Gasteiger partial charge < -0.3 is 20.1 Å². The summed E-state index contributed by atoms with van der Waals surface area (Å²) >= 11 is 5.88. The fourth-order valence-electron chi connectivity index (χ4n) is 1.84. The summed E-state index contributed by atoms with van der Waals surface area (Å²) in [4.78, 5) is 22.6. The highest BCUT2D eigenvalue weighted by molar-refractivity contribution is 6.31. The minimum atomic E-state index is -1.49. The van der Waals surface area contributed by atoms with Crippen molar-refractivity contribution >= 4 is 23.5 Å². The van der Waals surface area contributed by atoms with E-state index in [1.165, 1.54) is 6.92 Å². The van der Waals surface area contributed by atoms with Gasteiger partial charge in [0.25, 0.3) is 5.91 Å². The molecule has 1 amide bonds. The van der Waals surface area contributed by atoms with E-state index in [1.807, 2.05) is 6.92 Å². The number of carbonyl (C=O) groups is 2. The molecule has 0 aromatic carbocycles. The van der Waals surface area contributed by atoms with Crippen LogP contribution in [0.15, 0.2) is 12.3 Å². The van der Waals surface area contributed by atoms with Crippen LogP contribution >= 0.6 is 11.6 Å². The van der Waals surface area contributed by atoms with E-state index in [0.717, 1.165) is 6.42 Å². The van der Waals surface area contributed by atoms with Gasteiger partial charge in [-0.1, -0.05) is 18.5 Å². The van der Waals surface area contributed by atoms with Gasteiger partial charge in [0.2, 0.25) is 0 Å². The number of nitrogens with one attached hydrogen (secondary N) is 1. The average Bonchev–Trinajstić information content (AvgIpc) is 2.66. The second-order valence-electron chi connectivity index (χ2n) is 4.99. The Morgan fingerprint density at radius 1 is 1.50 bits per heavy atom. The molecule has 0 saturated carbocycles. The SMILES string of the molecule is CCCn1cc(Cl)cc1C(=O)NCC(C)(O)CC(=O)O. The van der Waals surface area contributed by atoms with Gasteiger partial charge >= 0.3 is 5.97 Å². The predicted molar refractivity (Wildman–Crippen MR) is 74.9 cm³/mol. The number of aliphatic hydroxyl groups is 1. The van der Waals surface area contributed by atoms with Crippen molar-refractivity contribution in [3.05, 3.63) is 23.0 Å². The van der Waals surface area contributed by atoms with Crippen LogP contribution in [0.25, 0.3) is 0 Å². The van der Waals surface area contributed by atoms with Crippen LogP contribution in [-0.4, -0.2) is 38.8 Å². The van der Waals surface area contributed by atoms with Crippen molar-refractivity contribution in [1.82, 2.24) is 9.88 Å². The Hall–Kier alpha value is -1.53. The number of amides is 1. The Labute approximate surface area is 122 Å². The summed E-state index contributed by atoms with van der Waals surface area (Å²) in [5, 5.41) is 21.5. The predicted octanol–water partition coefficient (Wildman–Crippen LogP) is 1.51. The summed E-state index contributed by atoms with van der Waals surface area (Å²) in [7, 11) is 0. The molecule has 20 heavy (non-hydrogen) atoms. The summed E-state index contributed by atoms with van der Waals surface area (Å²) in [5.41, 5.74) is -1.10. The second-order valence-corrected chi connectivity index (χ2v) is 5.42. The first-order valence-electron chi connectivity index (χ1n) is 6.33. The van der Waals surface area contributed by atoms with Gasteiger partial charge in [0.1, 0.15) is 5.69 Å². The van der Waals surface area contributed by atoms with E-state index in [0.29, 0.717) is 17.3 Å². The van der Waals surface area contributed by atoms with Gasteiger partial charge in [0, 0.05) is 19.3 Å². The van der Waals surface area contributed by atoms with Gasteiger partial charge in [0.15, 0.2) is 0 Å². The molecule has 0 aliphatic carbocycles. The number of hydrogen-bond donors (Lipinski definition) is 3. The molecule has 1 unspecified atom stereocenters. The fraction of sp³-hybridized carbons (Fsp3) is 0.538. The van der Waals surface area contributed by atoms with Crippen molar-refractivity contribution < 1.29 is 19.8 Å². The summed E-state index contributed by atoms with van der Waals surface area (Å²) in [5.74, 6) is -1.52. The van der Waals surface area contributed by atoms with Gasteiger partial charge in [-0.3, -0.25) is 9.59 Å². The number of aromatic nitrogens is 1. The van der Waals surface area contributed by atoms with Crippen molar-refractivity contribution in [3.8, 4) is 0 Å². The zero-order valence-corrected chi connectivity index (χ0v) is 12.3. The highest BCUT2D eigenvalue weighted by atomic mass is 35.5. The molecule has 7 heteroatoms. The van der Waals surface area contributed by atoms with E-state index in [2.05, 4.69) is 5.32 Å². The number of carboxylic acids is 1. The molecule has 1 atom stereocenters. The quantitative estimate of drug-likeness (QED) is 0.712. The molecule has 0 bridgehead atoms. The van der Waals surface area contributed by atoms with Crippen LogP contribution in [0.3, 0.4) is 0 Å². The van der Waals surface area contributed by atoms with E-state index in [4.69, 9.17) is 16.7 Å². The lowest BCUT2D eigenvalue weighted by molar-refractivity contribution is -0.141. The molecule has 1 aromatic heterocycles. The molecule has 0 radical (unpaired) electrons. The molecular formula is C13H19ClN2O4. The lowest BCUT2D eigenvalue weighted by Crippen LogP contribution is -2.42. The third-order valence-corrected chi connectivity index (χ3v) is 2.93. The highest BCUT2D eigenvalue weighted by Crippen LogP contribution is 2.15. The van der Waals surface area contributed by atoms with Crippen LogP contribution in [0.5, 0.6) is 0 Å². The Morgan fingerprint density at radius 2 is 2.15 bits per heavy atom. The maximum Gasteiger partial charge on any atom is 0.306 e. The van der Waals surface area contributed by atoms with Crippen molar-refractivity contribution in [2.75, 3.05) is 6.54 Å². The molecule has 112 valence electrons. The van der Waals surface area contributed by atoms with Crippen molar-refractivity contribution in [1.29, 1.82) is 0 Å². The normalized spacial score (nSPS) is 13.8. The van der Waals surface area contributed by atoms with Crippen LogP contribution in [0, 0.1) is 0 Å². The number of aliphatic carboxylic acids is 1. The largest absolute Gasteiger partial charge is 0.481 e. The lowest BCUT2D eigenvalue weighted by Gasteiger charge is -2.21. The zero-order chi connectivity index (χ0) is 15.3. The Balaban J connectivity index is 2.69. The van der Waals surface area contributed by atoms with Gasteiger partial charge in [-0.2, -0.15) is 0 Å². The van der Waals surface area contributed by atoms with E-state index >= 15 is 0 Å². The first-order valence-corrected chi connectivity index (χ1v) is 6.71. The summed E-state index contributed by atoms with van der Waals surface area (Å²) in [6.45, 7) is 3.85. The molecule has 0 spiro atoms. The number of hydrogen-bond acceptors (Lipinski definition) is 3. The van der Waals surface area contributed by atoms with Crippen LogP contribution < -0.4 is 5.32 Å². The van der Waals surface area contributed by atoms with Crippen LogP contribution in [0.1, 0.15) is 37.2 Å². The molecule has 0 fully saturated rings. The van der Waals surface area contributed by atoms with Crippen molar-refractivity contribution in [2.45, 2.75) is 38.8 Å². The monoisotopic (exact) mass is 302 g/mol. The average molecular weight is 303 g/mol. The van der Waals surface area contributed by atoms with Gasteiger partial charge in [-0.05, 0) is 19.4 Å². The number of aryl methyl sites for hydroxylation is 1. The van der Waals surface area contributed by atoms with Crippen LogP contribution in [-0.2, 0) is 11.3 Å². The first kappa shape index (κ1) is 16.5. The van der Waals surface area contributed by atoms with E-state index in [1.54, 1.807) is 16.8 Å². The lowest BCUT2D eigenvalue weighted by atomic mass is 10.0. The van der Waals surface area contributed by atoms with E-state index in [-0.39, 0.29) is 6.54 Å². The van der Waals surface area contributed by atoms with Crippen molar-refractivity contribution in [3.63, 3.8) is 0 Å². The Morgan fingerprint density at radius 3 is 2.70 bits per heavy atom. The number of halogens is 1. The fourth-order valence-corrected chi connectivity index (χ4v) is 2.06. The highest BCUT2D eigenvalue weighted by Gasteiger charge is 2.25. The summed E-state index contributed by atoms with van der Waals surface area (Å²) in [6, 6.07) is 1.54. The number of nitrogens with zero attached hydrogens (tertiary/aromatic N) is 1. The summed E-state index contributed by atoms with van der Waals surface area (Å²) in [6.07, 6.45) is 2.07. The maximum atomic E-state index is 12.0. The molecule has 1 rings (SSSR count). The topological polar surface area (TPSA) is 91.6 Å². The second kappa shape index (κ2) is 6.76. The minimum Gasteiger partial charge on any atom is -0.481 e. The number of carbonyl (C=O) groups excluding carboxylic acids is 1. The van der Waals surface area contributed by atoms with Crippen LogP contribution in [0.4, 0.5) is 0 Å². The molecular weight excluding hydrogens is 284 g/mol. The standard InChI is InChI=1S/C13H19ClN2O4/c1-3-4-16-7-9(14)5-10(16)12(19)15-8-13(2,20)6-11(17)18/h5,7,20H,3-4,6,8H2,1-2H3,(H,15,19)(H,17,18). The number of carboxylic acid groups (broad SMARTS) is 1. The van der Waals surface area contributed by atoms with E-state index in [9.17, 15) is 14.7 Å². The first-order chi connectivity index (χ1) is 9.25. The Bertz CT molecular complexity index is 497. The maximum absolute atomic E-state index is 12.0. The molecule has 1 aromatic rings. The van der Waals surface area contributed by atoms with E-state index < -0.39 is 23.9 Å². The number of rotatable bonds is 7. The smallest absolute Gasteiger partial charge is 0.306 e. The molecule has 1 heterocycles.